The molecule has 1 atom stereocenters. The van der Waals surface area contributed by atoms with Crippen molar-refractivity contribution in [3.05, 3.63) is 48.5 Å². The van der Waals surface area contributed by atoms with E-state index in [2.05, 4.69) is 0 Å². The largest absolute Gasteiger partial charge is 0.398 e. The van der Waals surface area contributed by atoms with Gasteiger partial charge in [0.25, 0.3) is 0 Å². The first-order valence-electron chi connectivity index (χ1n) is 4.97. The maximum Gasteiger partial charge on any atom is 0.120 e. The molecule has 0 saturated carbocycles. The predicted molar refractivity (Wildman–Crippen MR) is 74.0 cm³/mol. The van der Waals surface area contributed by atoms with Crippen LogP contribution >= 0.6 is 10.8 Å². The van der Waals surface area contributed by atoms with Crippen LogP contribution in [0, 0.1) is 0 Å². The topological polar surface area (TPSA) is 69.1 Å². The Morgan fingerprint density at radius 1 is 0.882 bits per heavy atom. The quantitative estimate of drug-likeness (QED) is 0.660. The molecule has 88 valence electrons. The van der Waals surface area contributed by atoms with E-state index in [-0.39, 0.29) is 0 Å². The fraction of sp³-hybridized carbons (Fsp3) is 0. The van der Waals surface area contributed by atoms with Crippen LogP contribution in [0.25, 0.3) is 0 Å². The average molecular weight is 264 g/mol. The number of nitrogens with two attached hydrogens (primary N) is 2. The van der Waals surface area contributed by atoms with Crippen LogP contribution in [-0.4, -0.2) is 4.21 Å². The molecule has 0 aliphatic rings. The second kappa shape index (κ2) is 5.25. The first-order valence-corrected chi connectivity index (χ1v) is 7.46. The summed E-state index contributed by atoms with van der Waals surface area (Å²) in [6.07, 6.45) is 0. The third kappa shape index (κ3) is 2.81. The number of para-hydroxylation sites is 2. The minimum Gasteiger partial charge on any atom is -0.398 e. The Morgan fingerprint density at radius 2 is 1.47 bits per heavy atom. The number of benzene rings is 2. The molecule has 2 aromatic rings. The van der Waals surface area contributed by atoms with E-state index in [1.165, 1.54) is 10.8 Å². The van der Waals surface area contributed by atoms with Crippen molar-refractivity contribution >= 4 is 32.0 Å². The molecule has 2 rings (SSSR count). The van der Waals surface area contributed by atoms with Gasteiger partial charge in [-0.3, -0.25) is 0 Å². The van der Waals surface area contributed by atoms with Gasteiger partial charge in [0.1, 0.15) is 9.83 Å². The SMILES string of the molecule is Nc1ccccc1SS(=O)c1ccccc1N. The van der Waals surface area contributed by atoms with E-state index >= 15 is 0 Å². The molecular formula is C12H12N2OS2. The normalized spacial score (nSPS) is 12.2. The van der Waals surface area contributed by atoms with Gasteiger partial charge >= 0.3 is 0 Å². The van der Waals surface area contributed by atoms with E-state index in [1.807, 2.05) is 30.3 Å². The van der Waals surface area contributed by atoms with Crippen LogP contribution < -0.4 is 11.5 Å². The second-order valence-electron chi connectivity index (χ2n) is 3.39. The summed E-state index contributed by atoms with van der Waals surface area (Å²) in [5.41, 5.74) is 12.7. The molecule has 0 fully saturated rings. The number of rotatable bonds is 3. The van der Waals surface area contributed by atoms with E-state index in [0.29, 0.717) is 16.3 Å². The van der Waals surface area contributed by atoms with Crippen molar-refractivity contribution < 1.29 is 4.21 Å². The monoisotopic (exact) mass is 264 g/mol. The molecular weight excluding hydrogens is 252 g/mol. The molecule has 1 unspecified atom stereocenters. The highest BCUT2D eigenvalue weighted by Gasteiger charge is 2.10. The maximum absolute atomic E-state index is 12.1. The first-order chi connectivity index (χ1) is 8.18. The molecule has 0 aliphatic heterocycles. The van der Waals surface area contributed by atoms with E-state index < -0.39 is 9.83 Å². The molecule has 0 heterocycles. The lowest BCUT2D eigenvalue weighted by Crippen LogP contribution is -1.95. The van der Waals surface area contributed by atoms with Crippen LogP contribution in [0.1, 0.15) is 0 Å². The van der Waals surface area contributed by atoms with Crippen LogP contribution in [0.4, 0.5) is 11.4 Å². The highest BCUT2D eigenvalue weighted by Crippen LogP contribution is 2.32. The van der Waals surface area contributed by atoms with Crippen molar-refractivity contribution in [2.75, 3.05) is 11.5 Å². The Balaban J connectivity index is 2.24. The number of anilines is 2. The molecule has 0 amide bonds. The summed E-state index contributed by atoms with van der Waals surface area (Å²) in [5, 5.41) is 0. The fourth-order valence-corrected chi connectivity index (χ4v) is 3.99. The van der Waals surface area contributed by atoms with Crippen LogP contribution in [0.3, 0.4) is 0 Å². The molecule has 5 heteroatoms. The zero-order valence-electron chi connectivity index (χ0n) is 9.00. The van der Waals surface area contributed by atoms with Crippen molar-refractivity contribution in [3.63, 3.8) is 0 Å². The highest BCUT2D eigenvalue weighted by molar-refractivity contribution is 8.69. The standard InChI is InChI=1S/C12H12N2OS2/c13-9-5-1-3-7-11(9)16-17(15)12-8-4-2-6-10(12)14/h1-8H,13-14H2. The van der Waals surface area contributed by atoms with E-state index in [4.69, 9.17) is 11.5 Å². The van der Waals surface area contributed by atoms with Gasteiger partial charge < -0.3 is 11.5 Å². The van der Waals surface area contributed by atoms with Crippen LogP contribution in [-0.2, 0) is 9.83 Å². The van der Waals surface area contributed by atoms with Crippen LogP contribution in [0.5, 0.6) is 0 Å². The van der Waals surface area contributed by atoms with Gasteiger partial charge in [-0.1, -0.05) is 24.3 Å². The molecule has 4 N–H and O–H groups in total. The van der Waals surface area contributed by atoms with Crippen LogP contribution in [0.15, 0.2) is 58.3 Å². The summed E-state index contributed by atoms with van der Waals surface area (Å²) in [4.78, 5) is 1.43. The molecule has 0 radical (unpaired) electrons. The first kappa shape index (κ1) is 12.0. The third-order valence-corrected chi connectivity index (χ3v) is 5.15. The molecule has 17 heavy (non-hydrogen) atoms. The van der Waals surface area contributed by atoms with E-state index in [0.717, 1.165) is 4.90 Å². The average Bonchev–Trinajstić information content (AvgIpc) is 2.32. The highest BCUT2D eigenvalue weighted by atomic mass is 33.1. The molecule has 0 spiro atoms. The zero-order chi connectivity index (χ0) is 12.3. The Hall–Kier alpha value is -1.46. The lowest BCUT2D eigenvalue weighted by atomic mass is 10.3. The lowest BCUT2D eigenvalue weighted by Gasteiger charge is -2.06. The lowest BCUT2D eigenvalue weighted by molar-refractivity contribution is 0.692. The Labute approximate surface area is 106 Å². The second-order valence-corrected chi connectivity index (χ2v) is 6.32. The van der Waals surface area contributed by atoms with Gasteiger partial charge in [0, 0.05) is 16.3 Å². The van der Waals surface area contributed by atoms with Crippen molar-refractivity contribution in [1.82, 2.24) is 0 Å². The molecule has 0 aromatic heterocycles. The summed E-state index contributed by atoms with van der Waals surface area (Å²) in [6, 6.07) is 14.5. The summed E-state index contributed by atoms with van der Waals surface area (Å²) in [7, 11) is -0.0399. The van der Waals surface area contributed by atoms with E-state index in [9.17, 15) is 4.21 Å². The summed E-state index contributed by atoms with van der Waals surface area (Å²) < 4.78 is 12.1. The molecule has 0 aliphatic carbocycles. The summed E-state index contributed by atoms with van der Waals surface area (Å²) in [5.74, 6) is 0. The Bertz CT molecular complexity index is 558. The minimum atomic E-state index is -1.24. The van der Waals surface area contributed by atoms with Gasteiger partial charge in [-0.2, -0.15) is 0 Å². The molecule has 0 bridgehead atoms. The van der Waals surface area contributed by atoms with Gasteiger partial charge in [-0.25, -0.2) is 4.21 Å². The fourth-order valence-electron chi connectivity index (χ4n) is 1.32. The van der Waals surface area contributed by atoms with Gasteiger partial charge in [-0.05, 0) is 35.1 Å². The van der Waals surface area contributed by atoms with Crippen molar-refractivity contribution in [1.29, 1.82) is 0 Å². The summed E-state index contributed by atoms with van der Waals surface area (Å²) in [6.45, 7) is 0. The summed E-state index contributed by atoms with van der Waals surface area (Å²) >= 11 is 0. The smallest absolute Gasteiger partial charge is 0.120 e. The molecule has 3 nitrogen and oxygen atoms in total. The number of nitrogen functional groups attached to an aromatic ring is 2. The van der Waals surface area contributed by atoms with Crippen molar-refractivity contribution in [2.24, 2.45) is 0 Å². The maximum atomic E-state index is 12.1. The Morgan fingerprint density at radius 3 is 2.12 bits per heavy atom. The van der Waals surface area contributed by atoms with E-state index in [1.54, 1.807) is 18.2 Å². The molecule has 0 saturated heterocycles. The van der Waals surface area contributed by atoms with Crippen molar-refractivity contribution in [3.8, 4) is 0 Å². The van der Waals surface area contributed by atoms with Gasteiger partial charge in [0.05, 0.1) is 4.90 Å². The minimum absolute atomic E-state index is 0.535. The number of hydrogen-bond acceptors (Lipinski definition) is 4. The van der Waals surface area contributed by atoms with Crippen LogP contribution in [0.2, 0.25) is 0 Å². The Kier molecular flexibility index (Phi) is 3.71. The predicted octanol–water partition coefficient (Wildman–Crippen LogP) is 2.67. The third-order valence-electron chi connectivity index (χ3n) is 2.18. The number of hydrogen-bond donors (Lipinski definition) is 2. The van der Waals surface area contributed by atoms with Gasteiger partial charge in [0.15, 0.2) is 0 Å². The zero-order valence-corrected chi connectivity index (χ0v) is 10.6. The van der Waals surface area contributed by atoms with Crippen molar-refractivity contribution in [2.45, 2.75) is 9.79 Å². The molecule has 2 aromatic carbocycles. The van der Waals surface area contributed by atoms with Gasteiger partial charge in [-0.15, -0.1) is 0 Å². The van der Waals surface area contributed by atoms with Gasteiger partial charge in [0.2, 0.25) is 0 Å².